The third kappa shape index (κ3) is 4.09. The Bertz CT molecular complexity index is 374. The Labute approximate surface area is 95.6 Å². The largest absolute Gasteiger partial charge is 0.444 e. The van der Waals surface area contributed by atoms with E-state index in [4.69, 9.17) is 4.74 Å². The number of hydrogen-bond donors (Lipinski definition) is 1. The zero-order chi connectivity index (χ0) is 12.3. The number of carbonyl (C=O) groups excluding carboxylic acids is 1. The van der Waals surface area contributed by atoms with Crippen LogP contribution in [0.2, 0.25) is 0 Å². The van der Waals surface area contributed by atoms with Crippen molar-refractivity contribution >= 4 is 22.6 Å². The van der Waals surface area contributed by atoms with Crippen molar-refractivity contribution in [1.29, 1.82) is 0 Å². The second-order valence-corrected chi connectivity index (χ2v) is 4.86. The van der Waals surface area contributed by atoms with Gasteiger partial charge in [0.1, 0.15) is 11.3 Å². The Kier molecular flexibility index (Phi) is 3.79. The summed E-state index contributed by atoms with van der Waals surface area (Å²) < 4.78 is 29.3. The molecule has 1 heterocycles. The number of nitrogens with one attached hydrogen (secondary N) is 1. The Morgan fingerprint density at radius 1 is 1.56 bits per heavy atom. The van der Waals surface area contributed by atoms with Crippen molar-refractivity contribution < 1.29 is 18.3 Å². The van der Waals surface area contributed by atoms with Gasteiger partial charge in [0.15, 0.2) is 5.13 Å². The number of thiazole rings is 1. The van der Waals surface area contributed by atoms with Crippen LogP contribution in [0.25, 0.3) is 0 Å². The SMILES string of the molecule is CC(C)(C)OC(=O)Nc1nc(C(F)F)cs1. The molecule has 0 atom stereocenters. The fourth-order valence-corrected chi connectivity index (χ4v) is 1.52. The summed E-state index contributed by atoms with van der Waals surface area (Å²) in [7, 11) is 0. The minimum absolute atomic E-state index is 0.101. The monoisotopic (exact) mass is 250 g/mol. The molecular formula is C9H12F2N2O2S. The Morgan fingerprint density at radius 3 is 2.62 bits per heavy atom. The van der Waals surface area contributed by atoms with Crippen molar-refractivity contribution in [3.05, 3.63) is 11.1 Å². The number of hydrogen-bond acceptors (Lipinski definition) is 4. The number of ether oxygens (including phenoxy) is 1. The summed E-state index contributed by atoms with van der Waals surface area (Å²) in [6, 6.07) is 0. The maximum Gasteiger partial charge on any atom is 0.413 e. The Hall–Kier alpha value is -1.24. The van der Waals surface area contributed by atoms with Gasteiger partial charge >= 0.3 is 6.09 Å². The number of rotatable bonds is 2. The van der Waals surface area contributed by atoms with Crippen LogP contribution in [0.15, 0.2) is 5.38 Å². The zero-order valence-electron chi connectivity index (χ0n) is 9.08. The molecule has 7 heteroatoms. The fraction of sp³-hybridized carbons (Fsp3) is 0.556. The minimum Gasteiger partial charge on any atom is -0.444 e. The summed E-state index contributed by atoms with van der Waals surface area (Å²) in [6.45, 7) is 5.12. The molecule has 0 aliphatic carbocycles. The van der Waals surface area contributed by atoms with Gasteiger partial charge in [-0.15, -0.1) is 11.3 Å². The highest BCUT2D eigenvalue weighted by molar-refractivity contribution is 7.13. The van der Waals surface area contributed by atoms with Gasteiger partial charge in [0.25, 0.3) is 6.43 Å². The van der Waals surface area contributed by atoms with E-state index >= 15 is 0 Å². The van der Waals surface area contributed by atoms with Crippen LogP contribution < -0.4 is 5.32 Å². The molecular weight excluding hydrogens is 238 g/mol. The molecule has 1 aromatic rings. The molecule has 1 N–H and O–H groups in total. The average molecular weight is 250 g/mol. The van der Waals surface area contributed by atoms with Crippen LogP contribution in [-0.4, -0.2) is 16.7 Å². The molecule has 0 unspecified atom stereocenters. The third-order valence-electron chi connectivity index (χ3n) is 1.35. The molecule has 0 aliphatic rings. The molecule has 4 nitrogen and oxygen atoms in total. The van der Waals surface area contributed by atoms with Crippen molar-refractivity contribution in [2.75, 3.05) is 5.32 Å². The van der Waals surface area contributed by atoms with Crippen LogP contribution in [0.4, 0.5) is 18.7 Å². The minimum atomic E-state index is -2.63. The van der Waals surface area contributed by atoms with E-state index in [2.05, 4.69) is 10.3 Å². The smallest absolute Gasteiger partial charge is 0.413 e. The van der Waals surface area contributed by atoms with E-state index in [9.17, 15) is 13.6 Å². The lowest BCUT2D eigenvalue weighted by molar-refractivity contribution is 0.0635. The molecule has 0 radical (unpaired) electrons. The quantitative estimate of drug-likeness (QED) is 0.874. The molecule has 0 fully saturated rings. The molecule has 16 heavy (non-hydrogen) atoms. The van der Waals surface area contributed by atoms with Gasteiger partial charge in [-0.05, 0) is 20.8 Å². The first-order valence-electron chi connectivity index (χ1n) is 4.51. The van der Waals surface area contributed by atoms with Crippen LogP contribution in [0.1, 0.15) is 32.9 Å². The first kappa shape index (κ1) is 12.8. The lowest BCUT2D eigenvalue weighted by Crippen LogP contribution is -2.27. The predicted molar refractivity (Wildman–Crippen MR) is 56.9 cm³/mol. The standard InChI is InChI=1S/C9H12F2N2O2S/c1-9(2,3)15-8(14)13-7-12-5(4-16-7)6(10)11/h4,6H,1-3H3,(H,12,13,14). The summed E-state index contributed by atoms with van der Waals surface area (Å²) in [5, 5.41) is 3.58. The van der Waals surface area contributed by atoms with Gasteiger partial charge in [-0.2, -0.15) is 0 Å². The van der Waals surface area contributed by atoms with Crippen molar-refractivity contribution in [3.8, 4) is 0 Å². The molecule has 0 spiro atoms. The lowest BCUT2D eigenvalue weighted by atomic mass is 10.2. The van der Waals surface area contributed by atoms with Gasteiger partial charge in [-0.3, -0.25) is 5.32 Å². The number of alkyl halides is 2. The van der Waals surface area contributed by atoms with Crippen molar-refractivity contribution in [3.63, 3.8) is 0 Å². The topological polar surface area (TPSA) is 51.2 Å². The predicted octanol–water partition coefficient (Wildman–Crippen LogP) is 3.43. The highest BCUT2D eigenvalue weighted by atomic mass is 32.1. The van der Waals surface area contributed by atoms with E-state index < -0.39 is 18.1 Å². The first-order chi connectivity index (χ1) is 7.28. The lowest BCUT2D eigenvalue weighted by Gasteiger charge is -2.18. The molecule has 1 aromatic heterocycles. The summed E-state index contributed by atoms with van der Waals surface area (Å²) >= 11 is 0.929. The zero-order valence-corrected chi connectivity index (χ0v) is 9.90. The van der Waals surface area contributed by atoms with Crippen LogP contribution in [-0.2, 0) is 4.74 Å². The molecule has 0 saturated heterocycles. The number of anilines is 1. The molecule has 1 rings (SSSR count). The van der Waals surface area contributed by atoms with Crippen LogP contribution in [0, 0.1) is 0 Å². The van der Waals surface area contributed by atoms with Gasteiger partial charge < -0.3 is 4.74 Å². The summed E-state index contributed by atoms with van der Waals surface area (Å²) in [4.78, 5) is 14.8. The normalized spacial score (nSPS) is 11.6. The fourth-order valence-electron chi connectivity index (χ4n) is 0.835. The van der Waals surface area contributed by atoms with Crippen molar-refractivity contribution in [2.24, 2.45) is 0 Å². The molecule has 1 amide bonds. The number of nitrogens with zero attached hydrogens (tertiary/aromatic N) is 1. The maximum absolute atomic E-state index is 12.2. The summed E-state index contributed by atoms with van der Waals surface area (Å²) in [5.74, 6) is 0. The number of halogens is 2. The third-order valence-corrected chi connectivity index (χ3v) is 2.13. The van der Waals surface area contributed by atoms with Crippen LogP contribution in [0.3, 0.4) is 0 Å². The summed E-state index contributed by atoms with van der Waals surface area (Å²) in [5.41, 5.74) is -0.983. The molecule has 0 aliphatic heterocycles. The van der Waals surface area contributed by atoms with Gasteiger partial charge in [-0.1, -0.05) is 0 Å². The number of aromatic nitrogens is 1. The van der Waals surface area contributed by atoms with Crippen molar-refractivity contribution in [2.45, 2.75) is 32.8 Å². The van der Waals surface area contributed by atoms with Crippen molar-refractivity contribution in [1.82, 2.24) is 4.98 Å². The van der Waals surface area contributed by atoms with Crippen LogP contribution in [0.5, 0.6) is 0 Å². The second-order valence-electron chi connectivity index (χ2n) is 4.01. The first-order valence-corrected chi connectivity index (χ1v) is 5.39. The Balaban J connectivity index is 2.57. The van der Waals surface area contributed by atoms with E-state index in [1.165, 1.54) is 5.38 Å². The highest BCUT2D eigenvalue weighted by Gasteiger charge is 2.18. The van der Waals surface area contributed by atoms with Gasteiger partial charge in [0.05, 0.1) is 0 Å². The van der Waals surface area contributed by atoms with E-state index in [0.717, 1.165) is 11.3 Å². The van der Waals surface area contributed by atoms with Crippen LogP contribution >= 0.6 is 11.3 Å². The van der Waals surface area contributed by atoms with E-state index in [-0.39, 0.29) is 10.8 Å². The van der Waals surface area contributed by atoms with Gasteiger partial charge in [0, 0.05) is 5.38 Å². The second kappa shape index (κ2) is 4.73. The summed E-state index contributed by atoms with van der Waals surface area (Å²) in [6.07, 6.45) is -3.34. The number of amides is 1. The highest BCUT2D eigenvalue weighted by Crippen LogP contribution is 2.24. The Morgan fingerprint density at radius 2 is 2.19 bits per heavy atom. The van der Waals surface area contributed by atoms with Gasteiger partial charge in [0.2, 0.25) is 0 Å². The number of carbonyl (C=O) groups is 1. The molecule has 0 bridgehead atoms. The van der Waals surface area contributed by atoms with E-state index in [1.54, 1.807) is 20.8 Å². The molecule has 90 valence electrons. The maximum atomic E-state index is 12.2. The van der Waals surface area contributed by atoms with Gasteiger partial charge in [-0.25, -0.2) is 18.6 Å². The van der Waals surface area contributed by atoms with E-state index in [1.807, 2.05) is 0 Å². The average Bonchev–Trinajstić information content (AvgIpc) is 2.48. The molecule has 0 aromatic carbocycles. The molecule has 0 saturated carbocycles. The van der Waals surface area contributed by atoms with E-state index in [0.29, 0.717) is 0 Å².